The molecule has 0 radical (unpaired) electrons. The maximum absolute atomic E-state index is 12.1. The molecule has 0 aromatic carbocycles. The van der Waals surface area contributed by atoms with Crippen molar-refractivity contribution in [3.8, 4) is 0 Å². The van der Waals surface area contributed by atoms with Gasteiger partial charge in [-0.05, 0) is 33.1 Å². The molecule has 2 N–H and O–H groups in total. The monoisotopic (exact) mass is 299 g/mol. The molecule has 1 rings (SSSR count). The van der Waals surface area contributed by atoms with Crippen LogP contribution in [-0.2, 0) is 4.74 Å². The van der Waals surface area contributed by atoms with Crippen molar-refractivity contribution >= 4 is 11.9 Å². The van der Waals surface area contributed by atoms with Crippen LogP contribution in [0.5, 0.6) is 0 Å². The van der Waals surface area contributed by atoms with Crippen LogP contribution in [0.15, 0.2) is 4.99 Å². The lowest BCUT2D eigenvalue weighted by Gasteiger charge is -2.31. The smallest absolute Gasteiger partial charge is 0.410 e. The molecule has 0 aromatic heterocycles. The molecule has 122 valence electrons. The fourth-order valence-corrected chi connectivity index (χ4v) is 2.17. The molecule has 21 heavy (non-hydrogen) atoms. The van der Waals surface area contributed by atoms with Gasteiger partial charge in [0.25, 0.3) is 0 Å². The zero-order valence-corrected chi connectivity index (χ0v) is 13.8. The summed E-state index contributed by atoms with van der Waals surface area (Å²) in [5.41, 5.74) is -0.495. The summed E-state index contributed by atoms with van der Waals surface area (Å²) in [6, 6.07) is -0.0256. The number of hydrogen-bond donors (Lipinski definition) is 2. The maximum Gasteiger partial charge on any atom is 0.410 e. The van der Waals surface area contributed by atoms with Crippen LogP contribution in [0.1, 0.15) is 41.0 Å². The largest absolute Gasteiger partial charge is 0.444 e. The molecule has 0 saturated carbocycles. The number of amides is 1. The van der Waals surface area contributed by atoms with Crippen molar-refractivity contribution in [1.82, 2.24) is 10.2 Å². The molecule has 0 bridgehead atoms. The summed E-state index contributed by atoms with van der Waals surface area (Å²) in [5, 5.41) is 12.6. The second kappa shape index (κ2) is 7.64. The van der Waals surface area contributed by atoms with Crippen LogP contribution in [0.2, 0.25) is 0 Å². The Hall–Kier alpha value is -1.30. The van der Waals surface area contributed by atoms with Gasteiger partial charge in [-0.1, -0.05) is 13.8 Å². The summed E-state index contributed by atoms with van der Waals surface area (Å²) >= 11 is 0. The first-order valence-corrected chi connectivity index (χ1v) is 7.60. The molecule has 1 amide bonds. The number of nitrogens with one attached hydrogen (secondary N) is 1. The Morgan fingerprint density at radius 3 is 2.67 bits per heavy atom. The van der Waals surface area contributed by atoms with Crippen LogP contribution in [-0.4, -0.2) is 59.8 Å². The predicted octanol–water partition coefficient (Wildman–Crippen LogP) is 1.63. The molecule has 0 saturated heterocycles. The second-order valence-electron chi connectivity index (χ2n) is 6.88. The molecule has 1 aliphatic heterocycles. The van der Waals surface area contributed by atoms with Gasteiger partial charge in [-0.2, -0.15) is 0 Å². The lowest BCUT2D eigenvalue weighted by atomic mass is 10.0. The van der Waals surface area contributed by atoms with Crippen molar-refractivity contribution in [2.45, 2.75) is 52.7 Å². The van der Waals surface area contributed by atoms with Gasteiger partial charge >= 0.3 is 6.09 Å². The number of aliphatic imine (C=N–C) groups is 1. The highest BCUT2D eigenvalue weighted by Crippen LogP contribution is 2.11. The van der Waals surface area contributed by atoms with E-state index in [4.69, 9.17) is 4.74 Å². The number of aliphatic hydroxyl groups is 1. The molecular formula is C15H29N3O3. The quantitative estimate of drug-likeness (QED) is 0.827. The van der Waals surface area contributed by atoms with Crippen LogP contribution in [0, 0.1) is 5.92 Å². The van der Waals surface area contributed by atoms with Crippen LogP contribution in [0.4, 0.5) is 4.79 Å². The second-order valence-corrected chi connectivity index (χ2v) is 6.88. The van der Waals surface area contributed by atoms with E-state index in [0.717, 1.165) is 12.3 Å². The van der Waals surface area contributed by atoms with Crippen molar-refractivity contribution in [2.75, 3.05) is 26.2 Å². The van der Waals surface area contributed by atoms with Crippen LogP contribution in [0.25, 0.3) is 0 Å². The van der Waals surface area contributed by atoms with E-state index in [2.05, 4.69) is 24.2 Å². The summed E-state index contributed by atoms with van der Waals surface area (Å²) < 4.78 is 5.38. The first kappa shape index (κ1) is 17.8. The standard InChI is InChI=1S/C15H29N3O3/c1-11(2)8-12(10-19)17-13-9-18(7-6-16-13)14(20)21-15(3,4)5/h11-12,19H,6-10H2,1-5H3,(H,16,17). The third-order valence-corrected chi connectivity index (χ3v) is 3.01. The molecule has 0 fully saturated rings. The third-order valence-electron chi connectivity index (χ3n) is 3.01. The fraction of sp³-hybridized carbons (Fsp3) is 0.867. The molecule has 6 nitrogen and oxygen atoms in total. The molecule has 1 aliphatic rings. The Labute approximate surface area is 127 Å². The van der Waals surface area contributed by atoms with Crippen molar-refractivity contribution < 1.29 is 14.6 Å². The lowest BCUT2D eigenvalue weighted by Crippen LogP contribution is -2.50. The molecule has 0 aromatic rings. The van der Waals surface area contributed by atoms with Gasteiger partial charge in [-0.15, -0.1) is 0 Å². The van der Waals surface area contributed by atoms with Crippen LogP contribution < -0.4 is 5.32 Å². The zero-order valence-electron chi connectivity index (χ0n) is 13.8. The summed E-state index contributed by atoms with van der Waals surface area (Å²) in [6.45, 7) is 11.4. The van der Waals surface area contributed by atoms with Crippen molar-refractivity contribution in [2.24, 2.45) is 10.9 Å². The van der Waals surface area contributed by atoms with Gasteiger partial charge in [0.15, 0.2) is 0 Å². The molecular weight excluding hydrogens is 270 g/mol. The topological polar surface area (TPSA) is 74.2 Å². The summed E-state index contributed by atoms with van der Waals surface area (Å²) in [4.78, 5) is 18.1. The number of rotatable bonds is 4. The molecule has 0 spiro atoms. The molecule has 1 heterocycles. The number of ether oxygens (including phenoxy) is 1. The van der Waals surface area contributed by atoms with Crippen molar-refractivity contribution in [3.05, 3.63) is 0 Å². The van der Waals surface area contributed by atoms with E-state index >= 15 is 0 Å². The Morgan fingerprint density at radius 1 is 1.48 bits per heavy atom. The minimum absolute atomic E-state index is 0.0256. The maximum atomic E-state index is 12.1. The number of aliphatic hydroxyl groups excluding tert-OH is 1. The van der Waals surface area contributed by atoms with Gasteiger partial charge < -0.3 is 15.2 Å². The van der Waals surface area contributed by atoms with E-state index in [1.165, 1.54) is 0 Å². The van der Waals surface area contributed by atoms with E-state index < -0.39 is 5.60 Å². The number of amidine groups is 1. The first-order chi connectivity index (χ1) is 9.71. The Bertz CT molecular complexity index is 375. The normalized spacial score (nSPS) is 17.5. The number of carbonyl (C=O) groups excluding carboxylic acids is 1. The van der Waals surface area contributed by atoms with Gasteiger partial charge in [0, 0.05) is 6.54 Å². The van der Waals surface area contributed by atoms with E-state index in [1.54, 1.807) is 4.90 Å². The van der Waals surface area contributed by atoms with Gasteiger partial charge in [0.05, 0.1) is 25.7 Å². The minimum atomic E-state index is -0.495. The Balaban J connectivity index is 2.55. The van der Waals surface area contributed by atoms with E-state index in [-0.39, 0.29) is 18.7 Å². The summed E-state index contributed by atoms with van der Waals surface area (Å²) in [7, 11) is 0. The van der Waals surface area contributed by atoms with Gasteiger partial charge in [-0.3, -0.25) is 9.89 Å². The number of nitrogens with zero attached hydrogens (tertiary/aromatic N) is 2. The molecule has 6 heteroatoms. The first-order valence-electron chi connectivity index (χ1n) is 7.60. The highest BCUT2D eigenvalue weighted by molar-refractivity contribution is 5.88. The lowest BCUT2D eigenvalue weighted by molar-refractivity contribution is 0.0275. The summed E-state index contributed by atoms with van der Waals surface area (Å²) in [5.74, 6) is 1.23. The minimum Gasteiger partial charge on any atom is -0.444 e. The number of carbonyl (C=O) groups is 1. The van der Waals surface area contributed by atoms with Crippen LogP contribution in [0.3, 0.4) is 0 Å². The van der Waals surface area contributed by atoms with Gasteiger partial charge in [0.1, 0.15) is 11.4 Å². The van der Waals surface area contributed by atoms with E-state index in [0.29, 0.717) is 25.6 Å². The molecule has 1 unspecified atom stereocenters. The van der Waals surface area contributed by atoms with Crippen molar-refractivity contribution in [1.29, 1.82) is 0 Å². The highest BCUT2D eigenvalue weighted by Gasteiger charge is 2.25. The Kier molecular flexibility index (Phi) is 6.45. The Morgan fingerprint density at radius 2 is 2.14 bits per heavy atom. The average Bonchev–Trinajstić information content (AvgIpc) is 2.35. The van der Waals surface area contributed by atoms with Crippen LogP contribution >= 0.6 is 0 Å². The average molecular weight is 299 g/mol. The van der Waals surface area contributed by atoms with Gasteiger partial charge in [-0.25, -0.2) is 4.79 Å². The predicted molar refractivity (Wildman–Crippen MR) is 83.6 cm³/mol. The molecule has 1 atom stereocenters. The van der Waals surface area contributed by atoms with Gasteiger partial charge in [0.2, 0.25) is 0 Å². The fourth-order valence-electron chi connectivity index (χ4n) is 2.17. The third kappa shape index (κ3) is 6.80. The summed E-state index contributed by atoms with van der Waals surface area (Å²) in [6.07, 6.45) is 0.545. The van der Waals surface area contributed by atoms with E-state index in [1.807, 2.05) is 20.8 Å². The molecule has 0 aliphatic carbocycles. The SMILES string of the molecule is CC(C)CC(CO)NC1=NCCN(C(=O)OC(C)(C)C)C1. The highest BCUT2D eigenvalue weighted by atomic mass is 16.6. The zero-order chi connectivity index (χ0) is 16.0. The number of hydrogen-bond acceptors (Lipinski definition) is 5. The van der Waals surface area contributed by atoms with Crippen molar-refractivity contribution in [3.63, 3.8) is 0 Å². The van der Waals surface area contributed by atoms with E-state index in [9.17, 15) is 9.90 Å².